The van der Waals surface area contributed by atoms with Crippen LogP contribution in [-0.2, 0) is 0 Å². The average Bonchev–Trinajstić information content (AvgIpc) is 2.27. The molecule has 0 unspecified atom stereocenters. The molecule has 0 rings (SSSR count). The summed E-state index contributed by atoms with van der Waals surface area (Å²) in [6, 6.07) is 0. The second kappa shape index (κ2) is 15.5. The van der Waals surface area contributed by atoms with E-state index in [2.05, 4.69) is 39.6 Å². The van der Waals surface area contributed by atoms with Gasteiger partial charge in [-0.1, -0.05) is 64.8 Å². The molecule has 0 spiro atoms. The third-order valence-corrected chi connectivity index (χ3v) is 2.73. The second-order valence-corrected chi connectivity index (χ2v) is 6.30. The molecular formula is C18H37N. The van der Waals surface area contributed by atoms with Crippen LogP contribution in [0.25, 0.3) is 0 Å². The number of unbranched alkanes of at least 4 members (excludes halogenated alkanes) is 1. The number of hydrogen-bond acceptors (Lipinski definition) is 1. The average molecular weight is 268 g/mol. The van der Waals surface area contributed by atoms with E-state index >= 15 is 0 Å². The summed E-state index contributed by atoms with van der Waals surface area (Å²) >= 11 is 0. The Labute approximate surface area is 122 Å². The van der Waals surface area contributed by atoms with Gasteiger partial charge in [-0.25, -0.2) is 0 Å². The number of allylic oxidation sites excluding steroid dienone is 3. The molecule has 1 heteroatoms. The lowest BCUT2D eigenvalue weighted by Crippen LogP contribution is -2.18. The predicted molar refractivity (Wildman–Crippen MR) is 90.6 cm³/mol. The van der Waals surface area contributed by atoms with Crippen molar-refractivity contribution in [2.45, 2.75) is 67.2 Å². The normalized spacial score (nSPS) is 10.1. The molecule has 0 saturated carbocycles. The highest BCUT2D eigenvalue weighted by atomic mass is 14.8. The Balaban J connectivity index is 0. The molecule has 0 fully saturated rings. The molecule has 0 amide bonds. The number of rotatable bonds is 9. The number of hydrogen-bond donors (Lipinski definition) is 1. The van der Waals surface area contributed by atoms with Gasteiger partial charge >= 0.3 is 0 Å². The predicted octanol–water partition coefficient (Wildman–Crippen LogP) is 5.59. The number of nitrogens with one attached hydrogen (secondary N) is 1. The van der Waals surface area contributed by atoms with Crippen molar-refractivity contribution >= 4 is 0 Å². The molecule has 0 radical (unpaired) electrons. The van der Waals surface area contributed by atoms with Gasteiger partial charge in [-0.2, -0.15) is 0 Å². The fourth-order valence-electron chi connectivity index (χ4n) is 1.55. The van der Waals surface area contributed by atoms with Crippen LogP contribution in [0.15, 0.2) is 24.3 Å². The van der Waals surface area contributed by atoms with E-state index in [1.54, 1.807) is 6.08 Å². The zero-order valence-corrected chi connectivity index (χ0v) is 14.3. The van der Waals surface area contributed by atoms with Gasteiger partial charge in [0.25, 0.3) is 0 Å². The van der Waals surface area contributed by atoms with Gasteiger partial charge in [-0.3, -0.25) is 0 Å². The van der Waals surface area contributed by atoms with Gasteiger partial charge in [0.15, 0.2) is 0 Å². The fraction of sp³-hybridized carbons (Fsp3) is 0.778. The topological polar surface area (TPSA) is 12.0 Å². The Bertz CT molecular complexity index is 198. The highest BCUT2D eigenvalue weighted by Crippen LogP contribution is 2.05. The molecule has 19 heavy (non-hydrogen) atoms. The Hall–Kier alpha value is -0.560. The molecule has 0 saturated heterocycles. The summed E-state index contributed by atoms with van der Waals surface area (Å²) in [5.74, 6) is 1.71. The zero-order valence-electron chi connectivity index (χ0n) is 14.3. The van der Waals surface area contributed by atoms with Crippen LogP contribution in [0, 0.1) is 11.8 Å². The fourth-order valence-corrected chi connectivity index (χ4v) is 1.55. The molecule has 0 heterocycles. The van der Waals surface area contributed by atoms with Crippen molar-refractivity contribution in [3.05, 3.63) is 24.3 Å². The summed E-state index contributed by atoms with van der Waals surface area (Å²) < 4.78 is 0. The summed E-state index contributed by atoms with van der Waals surface area (Å²) in [6.07, 6.45) is 9.17. The molecular weight excluding hydrogens is 230 g/mol. The van der Waals surface area contributed by atoms with Gasteiger partial charge in [0.1, 0.15) is 0 Å². The Morgan fingerprint density at radius 2 is 1.53 bits per heavy atom. The lowest BCUT2D eigenvalue weighted by molar-refractivity contribution is 0.499. The molecule has 0 aromatic heterocycles. The van der Waals surface area contributed by atoms with Crippen molar-refractivity contribution in [2.75, 3.05) is 13.1 Å². The molecule has 1 nitrogen and oxygen atoms in total. The van der Waals surface area contributed by atoms with Crippen LogP contribution in [0.4, 0.5) is 0 Å². The van der Waals surface area contributed by atoms with Crippen molar-refractivity contribution in [3.8, 4) is 0 Å². The van der Waals surface area contributed by atoms with Crippen LogP contribution < -0.4 is 5.32 Å². The van der Waals surface area contributed by atoms with Gasteiger partial charge in [0.2, 0.25) is 0 Å². The van der Waals surface area contributed by atoms with E-state index < -0.39 is 0 Å². The first kappa shape index (κ1) is 20.8. The summed E-state index contributed by atoms with van der Waals surface area (Å²) in [5.41, 5.74) is 1.30. The Morgan fingerprint density at radius 3 is 1.89 bits per heavy atom. The first-order chi connectivity index (χ1) is 8.90. The minimum Gasteiger partial charge on any atom is -0.317 e. The molecule has 0 bridgehead atoms. The smallest absolute Gasteiger partial charge is 0.00465 e. The SMILES string of the molecule is C=CC=C(C)C.CC(C)CCCCNCCC(C)C. The molecule has 0 aliphatic rings. The first-order valence-electron chi connectivity index (χ1n) is 7.86. The maximum atomic E-state index is 3.52. The Morgan fingerprint density at radius 1 is 0.947 bits per heavy atom. The first-order valence-corrected chi connectivity index (χ1v) is 7.86. The molecule has 0 atom stereocenters. The van der Waals surface area contributed by atoms with Gasteiger partial charge in [0, 0.05) is 0 Å². The third kappa shape index (κ3) is 26.9. The molecule has 114 valence electrons. The maximum absolute atomic E-state index is 3.52. The molecule has 0 aliphatic carbocycles. The highest BCUT2D eigenvalue weighted by molar-refractivity contribution is 5.04. The zero-order chi connectivity index (χ0) is 15.1. The third-order valence-electron chi connectivity index (χ3n) is 2.73. The quantitative estimate of drug-likeness (QED) is 0.424. The van der Waals surface area contributed by atoms with Gasteiger partial charge < -0.3 is 5.32 Å². The second-order valence-electron chi connectivity index (χ2n) is 6.30. The largest absolute Gasteiger partial charge is 0.317 e. The van der Waals surface area contributed by atoms with E-state index in [1.165, 1.54) is 44.3 Å². The van der Waals surface area contributed by atoms with E-state index in [0.717, 1.165) is 11.8 Å². The molecule has 0 aromatic carbocycles. The van der Waals surface area contributed by atoms with Crippen molar-refractivity contribution in [3.63, 3.8) is 0 Å². The maximum Gasteiger partial charge on any atom is -0.00465 e. The van der Waals surface area contributed by atoms with Crippen LogP contribution in [-0.4, -0.2) is 13.1 Å². The van der Waals surface area contributed by atoms with Gasteiger partial charge in [0.05, 0.1) is 0 Å². The van der Waals surface area contributed by atoms with E-state index in [-0.39, 0.29) is 0 Å². The summed E-state index contributed by atoms with van der Waals surface area (Å²) in [7, 11) is 0. The molecule has 0 aliphatic heterocycles. The van der Waals surface area contributed by atoms with E-state index in [1.807, 2.05) is 19.9 Å². The standard InChI is InChI=1S/C12H27N.C6H10/c1-11(2)7-5-6-9-13-10-8-12(3)4;1-4-5-6(2)3/h11-13H,5-10H2,1-4H3;4-5H,1H2,2-3H3. The summed E-state index contributed by atoms with van der Waals surface area (Å²) in [5, 5.41) is 3.49. The van der Waals surface area contributed by atoms with Crippen LogP contribution in [0.3, 0.4) is 0 Å². The Kier molecular flexibility index (Phi) is 16.9. The monoisotopic (exact) mass is 267 g/mol. The van der Waals surface area contributed by atoms with Crippen molar-refractivity contribution in [1.29, 1.82) is 0 Å². The summed E-state index contributed by atoms with van der Waals surface area (Å²) in [4.78, 5) is 0. The van der Waals surface area contributed by atoms with Crippen molar-refractivity contribution in [1.82, 2.24) is 5.32 Å². The molecule has 0 aromatic rings. The van der Waals surface area contributed by atoms with Crippen LogP contribution >= 0.6 is 0 Å². The van der Waals surface area contributed by atoms with Crippen LogP contribution in [0.1, 0.15) is 67.2 Å². The van der Waals surface area contributed by atoms with Gasteiger partial charge in [-0.05, 0) is 51.6 Å². The highest BCUT2D eigenvalue weighted by Gasteiger charge is 1.95. The van der Waals surface area contributed by atoms with Crippen molar-refractivity contribution in [2.24, 2.45) is 11.8 Å². The minimum atomic E-state index is 0.836. The van der Waals surface area contributed by atoms with Gasteiger partial charge in [-0.15, -0.1) is 0 Å². The van der Waals surface area contributed by atoms with Crippen molar-refractivity contribution < 1.29 is 0 Å². The van der Waals surface area contributed by atoms with E-state index in [4.69, 9.17) is 0 Å². The van der Waals surface area contributed by atoms with E-state index in [9.17, 15) is 0 Å². The van der Waals surface area contributed by atoms with Crippen LogP contribution in [0.2, 0.25) is 0 Å². The van der Waals surface area contributed by atoms with E-state index in [0.29, 0.717) is 0 Å². The summed E-state index contributed by atoms with van der Waals surface area (Å²) in [6.45, 7) is 19.2. The minimum absolute atomic E-state index is 0.836. The van der Waals surface area contributed by atoms with Crippen LogP contribution in [0.5, 0.6) is 0 Å². The molecule has 1 N–H and O–H groups in total. The lowest BCUT2D eigenvalue weighted by atomic mass is 10.1. The lowest BCUT2D eigenvalue weighted by Gasteiger charge is -2.07.